The summed E-state index contributed by atoms with van der Waals surface area (Å²) < 4.78 is 34.9. The number of unbranched alkanes of at least 4 members (excludes halogenated alkanes) is 1. The van der Waals surface area contributed by atoms with Crippen LogP contribution in [0.3, 0.4) is 0 Å². The highest BCUT2D eigenvalue weighted by Crippen LogP contribution is 2.33. The highest BCUT2D eigenvalue weighted by atomic mass is 32.2. The summed E-state index contributed by atoms with van der Waals surface area (Å²) in [5.74, 6) is 0.528. The molecule has 1 aromatic rings. The molecule has 0 spiro atoms. The monoisotopic (exact) mass is 326 g/mol. The molecule has 1 saturated carbocycles. The number of ether oxygens (including phenoxy) is 1. The zero-order valence-electron chi connectivity index (χ0n) is 13.5. The second-order valence-corrected chi connectivity index (χ2v) is 7.68. The summed E-state index contributed by atoms with van der Waals surface area (Å²) in [5.41, 5.74) is 1.03. The molecule has 2 rings (SSSR count). The van der Waals surface area contributed by atoms with Gasteiger partial charge in [0.2, 0.25) is 0 Å². The molecule has 0 bridgehead atoms. The molecule has 0 aliphatic heterocycles. The fourth-order valence-corrected chi connectivity index (χ4v) is 3.46. The van der Waals surface area contributed by atoms with Gasteiger partial charge in [-0.25, -0.2) is 0 Å². The number of hydrogen-bond donors (Lipinski definition) is 0. The fraction of sp³-hybridized carbons (Fsp3) is 0.647. The lowest BCUT2D eigenvalue weighted by molar-refractivity contribution is -0.0357. The lowest BCUT2D eigenvalue weighted by atomic mass is 9.80. The van der Waals surface area contributed by atoms with Crippen LogP contribution in [-0.2, 0) is 19.0 Å². The van der Waals surface area contributed by atoms with Crippen molar-refractivity contribution in [2.75, 3.05) is 13.2 Å². The second-order valence-electron chi connectivity index (χ2n) is 6.06. The van der Waals surface area contributed by atoms with Gasteiger partial charge in [0.15, 0.2) is 0 Å². The maximum absolute atomic E-state index is 12.0. The Morgan fingerprint density at radius 2 is 1.82 bits per heavy atom. The van der Waals surface area contributed by atoms with Crippen molar-refractivity contribution in [2.45, 2.75) is 57.0 Å². The quantitative estimate of drug-likeness (QED) is 0.513. The third-order valence-corrected chi connectivity index (χ3v) is 5.44. The van der Waals surface area contributed by atoms with Crippen LogP contribution in [0.5, 0.6) is 0 Å². The molecule has 124 valence electrons. The van der Waals surface area contributed by atoms with Crippen molar-refractivity contribution >= 4 is 10.1 Å². The molecule has 0 radical (unpaired) electrons. The Kier molecular flexibility index (Phi) is 6.41. The molecule has 5 heteroatoms. The van der Waals surface area contributed by atoms with Gasteiger partial charge in [-0.1, -0.05) is 31.0 Å². The molecular formula is C17H26O4S. The van der Waals surface area contributed by atoms with E-state index in [0.29, 0.717) is 12.0 Å². The van der Waals surface area contributed by atoms with Gasteiger partial charge in [-0.2, -0.15) is 8.42 Å². The normalized spacial score (nSPS) is 21.5. The highest BCUT2D eigenvalue weighted by molar-refractivity contribution is 7.86. The van der Waals surface area contributed by atoms with Crippen molar-refractivity contribution in [3.8, 4) is 0 Å². The molecule has 22 heavy (non-hydrogen) atoms. The molecule has 0 saturated heterocycles. The molecule has 0 heterocycles. The SMILES string of the molecule is CCCCOC1CC(CCOS(=O)(=O)c2ccc(C)cc2)C1. The predicted octanol–water partition coefficient (Wildman–Crippen LogP) is 3.69. The van der Waals surface area contributed by atoms with E-state index >= 15 is 0 Å². The maximum atomic E-state index is 12.0. The first kappa shape index (κ1) is 17.4. The van der Waals surface area contributed by atoms with E-state index in [1.165, 1.54) is 0 Å². The Balaban J connectivity index is 1.66. The molecule has 0 aromatic heterocycles. The zero-order valence-corrected chi connectivity index (χ0v) is 14.3. The van der Waals surface area contributed by atoms with Gasteiger partial charge in [0.1, 0.15) is 0 Å². The van der Waals surface area contributed by atoms with Crippen LogP contribution in [0.2, 0.25) is 0 Å². The van der Waals surface area contributed by atoms with Crippen LogP contribution in [0.1, 0.15) is 44.6 Å². The molecule has 0 amide bonds. The van der Waals surface area contributed by atoms with Crippen LogP contribution in [0.15, 0.2) is 29.2 Å². The topological polar surface area (TPSA) is 52.6 Å². The van der Waals surface area contributed by atoms with Gasteiger partial charge in [0, 0.05) is 6.61 Å². The van der Waals surface area contributed by atoms with Gasteiger partial charge in [0.25, 0.3) is 10.1 Å². The van der Waals surface area contributed by atoms with Crippen LogP contribution in [0.25, 0.3) is 0 Å². The van der Waals surface area contributed by atoms with E-state index in [-0.39, 0.29) is 11.5 Å². The molecule has 0 N–H and O–H groups in total. The minimum atomic E-state index is -3.62. The van der Waals surface area contributed by atoms with Gasteiger partial charge in [-0.05, 0) is 50.7 Å². The van der Waals surface area contributed by atoms with Crippen LogP contribution < -0.4 is 0 Å². The summed E-state index contributed by atoms with van der Waals surface area (Å²) >= 11 is 0. The second kappa shape index (κ2) is 8.09. The lowest BCUT2D eigenvalue weighted by Crippen LogP contribution is -2.32. The van der Waals surface area contributed by atoms with Gasteiger partial charge < -0.3 is 4.74 Å². The van der Waals surface area contributed by atoms with Gasteiger partial charge in [-0.3, -0.25) is 4.18 Å². The Hall–Kier alpha value is -0.910. The first-order valence-electron chi connectivity index (χ1n) is 8.09. The summed E-state index contributed by atoms with van der Waals surface area (Å²) in [7, 11) is -3.62. The van der Waals surface area contributed by atoms with Crippen molar-refractivity contribution in [1.29, 1.82) is 0 Å². The van der Waals surface area contributed by atoms with E-state index in [1.807, 2.05) is 6.92 Å². The van der Waals surface area contributed by atoms with E-state index in [9.17, 15) is 8.42 Å². The first-order valence-corrected chi connectivity index (χ1v) is 9.50. The molecular weight excluding hydrogens is 300 g/mol. The maximum Gasteiger partial charge on any atom is 0.296 e. The smallest absolute Gasteiger partial charge is 0.296 e. The molecule has 0 atom stereocenters. The predicted molar refractivity (Wildman–Crippen MR) is 86.3 cm³/mol. The number of rotatable bonds is 9. The molecule has 1 aromatic carbocycles. The van der Waals surface area contributed by atoms with E-state index < -0.39 is 10.1 Å². The Morgan fingerprint density at radius 3 is 2.45 bits per heavy atom. The summed E-state index contributed by atoms with van der Waals surface area (Å²) in [6.45, 7) is 5.17. The van der Waals surface area contributed by atoms with Crippen molar-refractivity contribution in [2.24, 2.45) is 5.92 Å². The van der Waals surface area contributed by atoms with Crippen LogP contribution in [0.4, 0.5) is 0 Å². The molecule has 0 unspecified atom stereocenters. The number of hydrogen-bond acceptors (Lipinski definition) is 4. The van der Waals surface area contributed by atoms with Crippen molar-refractivity contribution < 1.29 is 17.3 Å². The summed E-state index contributed by atoms with van der Waals surface area (Å²) in [6, 6.07) is 6.73. The molecule has 4 nitrogen and oxygen atoms in total. The fourth-order valence-electron chi connectivity index (χ4n) is 2.54. The van der Waals surface area contributed by atoms with Gasteiger partial charge in [0.05, 0.1) is 17.6 Å². The molecule has 1 aliphatic carbocycles. The van der Waals surface area contributed by atoms with Gasteiger partial charge in [-0.15, -0.1) is 0 Å². The zero-order chi connectivity index (χ0) is 16.0. The van der Waals surface area contributed by atoms with E-state index in [2.05, 4.69) is 6.92 Å². The summed E-state index contributed by atoms with van der Waals surface area (Å²) in [6.07, 6.45) is 5.46. The van der Waals surface area contributed by atoms with Crippen molar-refractivity contribution in [3.05, 3.63) is 29.8 Å². The van der Waals surface area contributed by atoms with Crippen LogP contribution >= 0.6 is 0 Å². The van der Waals surface area contributed by atoms with E-state index in [4.69, 9.17) is 8.92 Å². The largest absolute Gasteiger partial charge is 0.378 e. The van der Waals surface area contributed by atoms with Crippen molar-refractivity contribution in [3.63, 3.8) is 0 Å². The Labute approximate surface area is 134 Å². The molecule has 1 aliphatic rings. The minimum absolute atomic E-state index is 0.229. The summed E-state index contributed by atoms with van der Waals surface area (Å²) in [5, 5.41) is 0. The standard InChI is InChI=1S/C17H26O4S/c1-3-4-10-20-16-12-15(13-16)9-11-21-22(18,19)17-7-5-14(2)6-8-17/h5-8,15-16H,3-4,9-13H2,1-2H3. The lowest BCUT2D eigenvalue weighted by Gasteiger charge is -2.35. The summed E-state index contributed by atoms with van der Waals surface area (Å²) in [4.78, 5) is 0.229. The highest BCUT2D eigenvalue weighted by Gasteiger charge is 2.29. The third kappa shape index (κ3) is 5.07. The number of benzene rings is 1. The van der Waals surface area contributed by atoms with E-state index in [1.54, 1.807) is 24.3 Å². The Morgan fingerprint density at radius 1 is 1.14 bits per heavy atom. The minimum Gasteiger partial charge on any atom is -0.378 e. The Bertz CT molecular complexity index is 545. The average Bonchev–Trinajstić information content (AvgIpc) is 2.44. The third-order valence-electron chi connectivity index (χ3n) is 4.12. The van der Waals surface area contributed by atoms with Crippen LogP contribution in [-0.4, -0.2) is 27.7 Å². The van der Waals surface area contributed by atoms with Gasteiger partial charge >= 0.3 is 0 Å². The van der Waals surface area contributed by atoms with Crippen molar-refractivity contribution in [1.82, 2.24) is 0 Å². The average molecular weight is 326 g/mol. The van der Waals surface area contributed by atoms with Crippen LogP contribution in [0, 0.1) is 12.8 Å². The number of aryl methyl sites for hydroxylation is 1. The van der Waals surface area contributed by atoms with E-state index in [0.717, 1.165) is 44.3 Å². The first-order chi connectivity index (χ1) is 10.5. The molecule has 1 fully saturated rings.